The topological polar surface area (TPSA) is 83.6 Å². The highest BCUT2D eigenvalue weighted by molar-refractivity contribution is 5.56. The Morgan fingerprint density at radius 2 is 2.10 bits per heavy atom. The van der Waals surface area contributed by atoms with Crippen molar-refractivity contribution in [2.24, 2.45) is 5.73 Å². The number of aliphatic hydroxyl groups excluding tert-OH is 2. The number of rotatable bonds is 4. The maximum atomic E-state index is 9.92. The molecule has 0 rings (SSSR count). The Morgan fingerprint density at radius 3 is 2.40 bits per heavy atom. The van der Waals surface area contributed by atoms with Crippen LogP contribution in [0.25, 0.3) is 0 Å². The van der Waals surface area contributed by atoms with Crippen LogP contribution in [-0.4, -0.2) is 34.7 Å². The molecule has 0 heterocycles. The van der Waals surface area contributed by atoms with E-state index in [1.54, 1.807) is 6.92 Å². The normalized spacial score (nSPS) is 19.6. The maximum Gasteiger partial charge on any atom is 0.150 e. The van der Waals surface area contributed by atoms with Crippen LogP contribution in [0.15, 0.2) is 0 Å². The second-order valence-electron chi connectivity index (χ2n) is 2.38. The van der Waals surface area contributed by atoms with E-state index in [1.807, 2.05) is 0 Å². The molecule has 0 bridgehead atoms. The van der Waals surface area contributed by atoms with Crippen molar-refractivity contribution in [1.29, 1.82) is 0 Å². The van der Waals surface area contributed by atoms with Crippen molar-refractivity contribution in [3.05, 3.63) is 0 Å². The first-order valence-electron chi connectivity index (χ1n) is 3.15. The zero-order valence-corrected chi connectivity index (χ0v) is 5.90. The van der Waals surface area contributed by atoms with Crippen molar-refractivity contribution in [1.82, 2.24) is 0 Å². The SMILES string of the molecule is C[C@@H](O)C[C@H](N)[C@@H](O)C=O. The van der Waals surface area contributed by atoms with E-state index in [2.05, 4.69) is 0 Å². The number of hydrogen-bond acceptors (Lipinski definition) is 4. The van der Waals surface area contributed by atoms with Crippen molar-refractivity contribution in [2.45, 2.75) is 31.6 Å². The van der Waals surface area contributed by atoms with Crippen molar-refractivity contribution in [3.8, 4) is 0 Å². The fourth-order valence-electron chi connectivity index (χ4n) is 0.634. The van der Waals surface area contributed by atoms with Crippen LogP contribution in [0.5, 0.6) is 0 Å². The molecule has 0 saturated carbocycles. The fourth-order valence-corrected chi connectivity index (χ4v) is 0.634. The predicted octanol–water partition coefficient (Wildman–Crippen LogP) is -1.36. The lowest BCUT2D eigenvalue weighted by molar-refractivity contribution is -0.116. The highest BCUT2D eigenvalue weighted by atomic mass is 16.3. The Hall–Kier alpha value is -0.450. The highest BCUT2D eigenvalue weighted by Crippen LogP contribution is 1.97. The number of aliphatic hydroxyl groups is 2. The van der Waals surface area contributed by atoms with Crippen LogP contribution < -0.4 is 5.73 Å². The van der Waals surface area contributed by atoms with Crippen molar-refractivity contribution in [3.63, 3.8) is 0 Å². The number of aldehydes is 1. The van der Waals surface area contributed by atoms with Gasteiger partial charge in [-0.2, -0.15) is 0 Å². The van der Waals surface area contributed by atoms with Crippen LogP contribution in [0.3, 0.4) is 0 Å². The highest BCUT2D eigenvalue weighted by Gasteiger charge is 2.14. The molecule has 0 aromatic carbocycles. The molecular formula is C6H13NO3. The lowest BCUT2D eigenvalue weighted by atomic mass is 10.1. The van der Waals surface area contributed by atoms with E-state index in [0.717, 1.165) is 0 Å². The summed E-state index contributed by atoms with van der Waals surface area (Å²) < 4.78 is 0. The van der Waals surface area contributed by atoms with E-state index < -0.39 is 18.2 Å². The second-order valence-corrected chi connectivity index (χ2v) is 2.38. The minimum atomic E-state index is -1.16. The summed E-state index contributed by atoms with van der Waals surface area (Å²) in [4.78, 5) is 9.92. The van der Waals surface area contributed by atoms with Gasteiger partial charge < -0.3 is 20.7 Å². The van der Waals surface area contributed by atoms with Gasteiger partial charge in [-0.1, -0.05) is 0 Å². The first-order chi connectivity index (χ1) is 4.57. The molecule has 4 heteroatoms. The summed E-state index contributed by atoms with van der Waals surface area (Å²) in [6.07, 6.45) is -1.13. The number of hydrogen-bond donors (Lipinski definition) is 3. The van der Waals surface area contributed by atoms with Crippen LogP contribution in [0.1, 0.15) is 13.3 Å². The summed E-state index contributed by atoms with van der Waals surface area (Å²) in [5.41, 5.74) is 5.29. The second kappa shape index (κ2) is 4.38. The van der Waals surface area contributed by atoms with Crippen molar-refractivity contribution < 1.29 is 15.0 Å². The standard InChI is InChI=1S/C6H13NO3/c1-4(9)2-5(7)6(10)3-8/h3-6,9-10H,2,7H2,1H3/t4-,5+,6+/m1/s1. The van der Waals surface area contributed by atoms with Gasteiger partial charge in [0.2, 0.25) is 0 Å². The van der Waals surface area contributed by atoms with Gasteiger partial charge in [0.1, 0.15) is 12.4 Å². The van der Waals surface area contributed by atoms with Gasteiger partial charge in [0.25, 0.3) is 0 Å². The molecule has 0 aliphatic heterocycles. The number of carbonyl (C=O) groups excluding carboxylic acids is 1. The molecule has 10 heavy (non-hydrogen) atoms. The van der Waals surface area contributed by atoms with E-state index in [-0.39, 0.29) is 6.42 Å². The monoisotopic (exact) mass is 147 g/mol. The third-order valence-corrected chi connectivity index (χ3v) is 1.19. The minimum Gasteiger partial charge on any atom is -0.393 e. The number of carbonyl (C=O) groups is 1. The molecule has 4 nitrogen and oxygen atoms in total. The molecule has 0 saturated heterocycles. The van der Waals surface area contributed by atoms with Gasteiger partial charge in [0, 0.05) is 6.04 Å². The average Bonchev–Trinajstić information content (AvgIpc) is 1.85. The predicted molar refractivity (Wildman–Crippen MR) is 36.3 cm³/mol. The zero-order valence-electron chi connectivity index (χ0n) is 5.90. The van der Waals surface area contributed by atoms with Crippen LogP contribution in [0, 0.1) is 0 Å². The van der Waals surface area contributed by atoms with Gasteiger partial charge in [-0.25, -0.2) is 0 Å². The Balaban J connectivity index is 3.60. The van der Waals surface area contributed by atoms with E-state index in [4.69, 9.17) is 15.9 Å². The molecule has 0 unspecified atom stereocenters. The lowest BCUT2D eigenvalue weighted by Crippen LogP contribution is -2.38. The summed E-state index contributed by atoms with van der Waals surface area (Å²) >= 11 is 0. The van der Waals surface area contributed by atoms with Gasteiger partial charge >= 0.3 is 0 Å². The Morgan fingerprint density at radius 1 is 1.60 bits per heavy atom. The fraction of sp³-hybridized carbons (Fsp3) is 0.833. The Bertz CT molecular complexity index is 105. The van der Waals surface area contributed by atoms with Crippen molar-refractivity contribution >= 4 is 6.29 Å². The molecule has 60 valence electrons. The maximum absolute atomic E-state index is 9.92. The Labute approximate surface area is 59.7 Å². The lowest BCUT2D eigenvalue weighted by Gasteiger charge is -2.14. The zero-order chi connectivity index (χ0) is 8.15. The molecule has 0 amide bonds. The summed E-state index contributed by atoms with van der Waals surface area (Å²) in [7, 11) is 0. The van der Waals surface area contributed by atoms with Gasteiger partial charge in [0.05, 0.1) is 6.10 Å². The first kappa shape index (κ1) is 9.55. The third kappa shape index (κ3) is 3.55. The van der Waals surface area contributed by atoms with E-state index in [9.17, 15) is 4.79 Å². The molecule has 0 fully saturated rings. The van der Waals surface area contributed by atoms with Crippen LogP contribution in [0.2, 0.25) is 0 Å². The Kier molecular flexibility index (Phi) is 4.18. The molecule has 0 aliphatic rings. The molecule has 0 radical (unpaired) electrons. The number of nitrogens with two attached hydrogens (primary N) is 1. The van der Waals surface area contributed by atoms with Crippen LogP contribution in [-0.2, 0) is 4.79 Å². The van der Waals surface area contributed by atoms with E-state index >= 15 is 0 Å². The van der Waals surface area contributed by atoms with E-state index in [0.29, 0.717) is 6.29 Å². The summed E-state index contributed by atoms with van der Waals surface area (Å²) in [6.45, 7) is 1.55. The van der Waals surface area contributed by atoms with E-state index in [1.165, 1.54) is 0 Å². The van der Waals surface area contributed by atoms with Gasteiger partial charge in [-0.05, 0) is 13.3 Å². The molecule has 0 aromatic heterocycles. The average molecular weight is 147 g/mol. The molecular weight excluding hydrogens is 134 g/mol. The molecule has 0 spiro atoms. The third-order valence-electron chi connectivity index (χ3n) is 1.19. The van der Waals surface area contributed by atoms with Crippen molar-refractivity contribution in [2.75, 3.05) is 0 Å². The largest absolute Gasteiger partial charge is 0.393 e. The molecule has 4 N–H and O–H groups in total. The molecule has 3 atom stereocenters. The minimum absolute atomic E-state index is 0.236. The van der Waals surface area contributed by atoms with Gasteiger partial charge in [0.15, 0.2) is 0 Å². The summed E-state index contributed by atoms with van der Waals surface area (Å²) in [5.74, 6) is 0. The van der Waals surface area contributed by atoms with Gasteiger partial charge in [-0.3, -0.25) is 0 Å². The smallest absolute Gasteiger partial charge is 0.150 e. The summed E-state index contributed by atoms with van der Waals surface area (Å²) in [5, 5.41) is 17.5. The molecule has 0 aromatic rings. The summed E-state index contributed by atoms with van der Waals surface area (Å²) in [6, 6.07) is -0.655. The van der Waals surface area contributed by atoms with Crippen LogP contribution >= 0.6 is 0 Å². The molecule has 0 aliphatic carbocycles. The quantitative estimate of drug-likeness (QED) is 0.429. The van der Waals surface area contributed by atoms with Gasteiger partial charge in [-0.15, -0.1) is 0 Å². The first-order valence-corrected chi connectivity index (χ1v) is 3.15. The van der Waals surface area contributed by atoms with Crippen LogP contribution in [0.4, 0.5) is 0 Å².